The molecule has 4 nitrogen and oxygen atoms in total. The maximum Gasteiger partial charge on any atom is 0.418 e. The fourth-order valence-corrected chi connectivity index (χ4v) is 0.473. The third-order valence-electron chi connectivity index (χ3n) is 0.890. The molecule has 4 heteroatoms. The average molecular weight is 126 g/mol. The van der Waals surface area contributed by atoms with Crippen LogP contribution in [0.3, 0.4) is 0 Å². The summed E-state index contributed by atoms with van der Waals surface area (Å²) in [6.07, 6.45) is 3.99. The maximum atomic E-state index is 10.6. The van der Waals surface area contributed by atoms with Crippen molar-refractivity contribution < 1.29 is 9.53 Å². The lowest BCUT2D eigenvalue weighted by Gasteiger charge is -1.94. The third kappa shape index (κ3) is 1.07. The molecule has 0 bridgehead atoms. The van der Waals surface area contributed by atoms with Crippen molar-refractivity contribution in [3.63, 3.8) is 0 Å². The maximum absolute atomic E-state index is 10.6. The number of carbonyl (C=O) groups is 1. The summed E-state index contributed by atoms with van der Waals surface area (Å²) in [5.41, 5.74) is 0. The molecule has 0 spiro atoms. The number of ether oxygens (including phenoxy) is 1. The van der Waals surface area contributed by atoms with E-state index in [1.165, 1.54) is 30.4 Å². The van der Waals surface area contributed by atoms with Crippen molar-refractivity contribution in [2.45, 2.75) is 0 Å². The van der Waals surface area contributed by atoms with Gasteiger partial charge in [-0.3, -0.25) is 0 Å². The van der Waals surface area contributed by atoms with Gasteiger partial charge in [0.05, 0.1) is 7.11 Å². The van der Waals surface area contributed by atoms with Crippen molar-refractivity contribution >= 4 is 6.09 Å². The second-order valence-electron chi connectivity index (χ2n) is 1.44. The monoisotopic (exact) mass is 126 g/mol. The zero-order chi connectivity index (χ0) is 6.69. The molecule has 0 N–H and O–H groups in total. The Morgan fingerprint density at radius 3 is 3.00 bits per heavy atom. The predicted octanol–water partition coefficient (Wildman–Crippen LogP) is 0.498. The normalized spacial score (nSPS) is 9.00. The van der Waals surface area contributed by atoms with Crippen molar-refractivity contribution in [3.05, 3.63) is 18.7 Å². The van der Waals surface area contributed by atoms with E-state index in [1.807, 2.05) is 0 Å². The molecule has 0 aliphatic carbocycles. The SMILES string of the molecule is COC(=O)n1ccnc1. The van der Waals surface area contributed by atoms with Crippen LogP contribution in [0, 0.1) is 0 Å². The molecule has 0 fully saturated rings. The highest BCUT2D eigenvalue weighted by atomic mass is 16.5. The van der Waals surface area contributed by atoms with Gasteiger partial charge in [-0.05, 0) is 0 Å². The first-order valence-corrected chi connectivity index (χ1v) is 2.41. The van der Waals surface area contributed by atoms with Gasteiger partial charge < -0.3 is 4.74 Å². The summed E-state index contributed by atoms with van der Waals surface area (Å²) >= 11 is 0. The first-order valence-electron chi connectivity index (χ1n) is 2.41. The lowest BCUT2D eigenvalue weighted by molar-refractivity contribution is 0.173. The molecule has 0 aromatic carbocycles. The van der Waals surface area contributed by atoms with Crippen molar-refractivity contribution in [2.24, 2.45) is 0 Å². The molecule has 1 aromatic rings. The molecule has 9 heavy (non-hydrogen) atoms. The Labute approximate surface area is 52.1 Å². The minimum atomic E-state index is -0.424. The van der Waals surface area contributed by atoms with Crippen LogP contribution >= 0.6 is 0 Å². The first-order chi connectivity index (χ1) is 4.34. The molecule has 0 radical (unpaired) electrons. The van der Waals surface area contributed by atoms with Crippen LogP contribution in [0.5, 0.6) is 0 Å². The molecule has 0 saturated carbocycles. The summed E-state index contributed by atoms with van der Waals surface area (Å²) in [5, 5.41) is 0. The Morgan fingerprint density at radius 2 is 2.56 bits per heavy atom. The average Bonchev–Trinajstić information content (AvgIpc) is 2.37. The highest BCUT2D eigenvalue weighted by molar-refractivity contribution is 5.69. The molecule has 0 aliphatic heterocycles. The van der Waals surface area contributed by atoms with E-state index < -0.39 is 6.09 Å². The van der Waals surface area contributed by atoms with Gasteiger partial charge in [-0.15, -0.1) is 0 Å². The second-order valence-corrected chi connectivity index (χ2v) is 1.44. The van der Waals surface area contributed by atoms with Gasteiger partial charge in [0.2, 0.25) is 0 Å². The quantitative estimate of drug-likeness (QED) is 0.508. The summed E-state index contributed by atoms with van der Waals surface area (Å²) in [6, 6.07) is 0. The molecule has 0 saturated heterocycles. The second kappa shape index (κ2) is 2.30. The number of rotatable bonds is 0. The van der Waals surface area contributed by atoms with Crippen LogP contribution in [0.25, 0.3) is 0 Å². The molecular weight excluding hydrogens is 120 g/mol. The van der Waals surface area contributed by atoms with Crippen LogP contribution in [0.1, 0.15) is 0 Å². The van der Waals surface area contributed by atoms with Crippen LogP contribution < -0.4 is 0 Å². The summed E-state index contributed by atoms with van der Waals surface area (Å²) in [6.45, 7) is 0. The number of imidazole rings is 1. The van der Waals surface area contributed by atoms with Crippen LogP contribution in [0.2, 0.25) is 0 Å². The highest BCUT2D eigenvalue weighted by Crippen LogP contribution is 1.85. The van der Waals surface area contributed by atoms with E-state index in [4.69, 9.17) is 0 Å². The van der Waals surface area contributed by atoms with E-state index in [0.717, 1.165) is 0 Å². The molecule has 1 rings (SSSR count). The van der Waals surface area contributed by atoms with Gasteiger partial charge in [-0.25, -0.2) is 14.3 Å². The Morgan fingerprint density at radius 1 is 1.78 bits per heavy atom. The Kier molecular flexibility index (Phi) is 1.48. The summed E-state index contributed by atoms with van der Waals surface area (Å²) < 4.78 is 5.63. The lowest BCUT2D eigenvalue weighted by atomic mass is 10.9. The van der Waals surface area contributed by atoms with Crippen molar-refractivity contribution in [1.82, 2.24) is 9.55 Å². The van der Waals surface area contributed by atoms with Crippen molar-refractivity contribution in [2.75, 3.05) is 7.11 Å². The highest BCUT2D eigenvalue weighted by Gasteiger charge is 1.98. The van der Waals surface area contributed by atoms with Gasteiger partial charge in [0.1, 0.15) is 6.33 Å². The topological polar surface area (TPSA) is 44.1 Å². The molecule has 1 heterocycles. The number of carbonyl (C=O) groups excluding carboxylic acids is 1. The number of methoxy groups -OCH3 is 1. The molecular formula is C5H6N2O2. The van der Waals surface area contributed by atoms with E-state index in [-0.39, 0.29) is 0 Å². The smallest absolute Gasteiger partial charge is 0.418 e. The lowest BCUT2D eigenvalue weighted by Crippen LogP contribution is -2.07. The van der Waals surface area contributed by atoms with Gasteiger partial charge in [-0.1, -0.05) is 0 Å². The van der Waals surface area contributed by atoms with Gasteiger partial charge in [-0.2, -0.15) is 0 Å². The number of hydrogen-bond donors (Lipinski definition) is 0. The van der Waals surface area contributed by atoms with E-state index in [2.05, 4.69) is 9.72 Å². The molecule has 48 valence electrons. The van der Waals surface area contributed by atoms with Crippen LogP contribution in [-0.2, 0) is 4.74 Å². The molecule has 0 amide bonds. The van der Waals surface area contributed by atoms with Gasteiger partial charge in [0.15, 0.2) is 0 Å². The summed E-state index contributed by atoms with van der Waals surface area (Å²) in [7, 11) is 1.32. The number of aromatic nitrogens is 2. The first kappa shape index (κ1) is 5.81. The molecule has 0 unspecified atom stereocenters. The molecule has 0 atom stereocenters. The van der Waals surface area contributed by atoms with Gasteiger partial charge >= 0.3 is 6.09 Å². The largest absolute Gasteiger partial charge is 0.452 e. The van der Waals surface area contributed by atoms with Crippen molar-refractivity contribution in [3.8, 4) is 0 Å². The number of hydrogen-bond acceptors (Lipinski definition) is 3. The van der Waals surface area contributed by atoms with Crippen LogP contribution in [0.4, 0.5) is 4.79 Å². The summed E-state index contributed by atoms with van der Waals surface area (Å²) in [4.78, 5) is 14.2. The van der Waals surface area contributed by atoms with Crippen molar-refractivity contribution in [1.29, 1.82) is 0 Å². The van der Waals surface area contributed by atoms with Crippen LogP contribution in [-0.4, -0.2) is 22.8 Å². The van der Waals surface area contributed by atoms with E-state index in [9.17, 15) is 4.79 Å². The standard InChI is InChI=1S/C5H6N2O2/c1-9-5(8)7-3-2-6-4-7/h2-4H,1H3. The van der Waals surface area contributed by atoms with Gasteiger partial charge in [0, 0.05) is 12.4 Å². The third-order valence-corrected chi connectivity index (χ3v) is 0.890. The molecule has 0 aliphatic rings. The minimum absolute atomic E-state index is 0.424. The van der Waals surface area contributed by atoms with Crippen LogP contribution in [0.15, 0.2) is 18.7 Å². The zero-order valence-electron chi connectivity index (χ0n) is 4.94. The fourth-order valence-electron chi connectivity index (χ4n) is 0.473. The summed E-state index contributed by atoms with van der Waals surface area (Å²) in [5.74, 6) is 0. The van der Waals surface area contributed by atoms with E-state index in [1.54, 1.807) is 0 Å². The Bertz CT molecular complexity index is 193. The fraction of sp³-hybridized carbons (Fsp3) is 0.200. The molecule has 1 aromatic heterocycles. The number of nitrogens with zero attached hydrogens (tertiary/aromatic N) is 2. The zero-order valence-corrected chi connectivity index (χ0v) is 4.94. The predicted molar refractivity (Wildman–Crippen MR) is 30.0 cm³/mol. The van der Waals surface area contributed by atoms with E-state index >= 15 is 0 Å². The minimum Gasteiger partial charge on any atom is -0.452 e. The Balaban J connectivity index is 2.77. The Hall–Kier alpha value is -1.32. The van der Waals surface area contributed by atoms with Gasteiger partial charge in [0.25, 0.3) is 0 Å². The van der Waals surface area contributed by atoms with E-state index in [0.29, 0.717) is 0 Å².